The van der Waals surface area contributed by atoms with Crippen LogP contribution < -0.4 is 5.73 Å². The number of rotatable bonds is 7. The lowest BCUT2D eigenvalue weighted by Gasteiger charge is -2.48. The predicted molar refractivity (Wildman–Crippen MR) is 172 cm³/mol. The summed E-state index contributed by atoms with van der Waals surface area (Å²) in [7, 11) is 0.336. The quantitative estimate of drug-likeness (QED) is 0.311. The number of carbonyl (C=O) groups is 1. The molecule has 0 amide bonds. The summed E-state index contributed by atoms with van der Waals surface area (Å²) in [5, 5.41) is 4.24. The number of carbonyl (C=O) groups excluding carboxylic acids is 1. The van der Waals surface area contributed by atoms with Crippen LogP contribution in [0.4, 0.5) is 10.1 Å². The zero-order chi connectivity index (χ0) is 31.8. The first-order valence-corrected chi connectivity index (χ1v) is 16.1. The molecule has 5 rings (SSSR count). The van der Waals surface area contributed by atoms with Crippen molar-refractivity contribution in [3.63, 3.8) is 0 Å². The number of fused-ring (bicyclic) bond motifs is 1. The van der Waals surface area contributed by atoms with Crippen molar-refractivity contribution in [3.05, 3.63) is 95.5 Å². The number of ketones is 1. The highest BCUT2D eigenvalue weighted by Crippen LogP contribution is 2.52. The number of nitrogens with zero attached hydrogens (tertiary/aromatic N) is 5. The van der Waals surface area contributed by atoms with E-state index in [-0.39, 0.29) is 29.1 Å². The maximum Gasteiger partial charge on any atom is 0.191 e. The molecule has 0 saturated heterocycles. The molecule has 2 N–H and O–H groups in total. The number of aliphatic imine (C=N–C) groups is 1. The number of benzene rings is 1. The summed E-state index contributed by atoms with van der Waals surface area (Å²) in [5.41, 5.74) is 9.47. The second kappa shape index (κ2) is 12.3. The molecule has 44 heavy (non-hydrogen) atoms. The van der Waals surface area contributed by atoms with Gasteiger partial charge in [-0.25, -0.2) is 17.9 Å². The first-order chi connectivity index (χ1) is 20.8. The van der Waals surface area contributed by atoms with E-state index in [1.807, 2.05) is 36.4 Å². The number of hydrogen-bond acceptors (Lipinski definition) is 6. The predicted octanol–water partition coefficient (Wildman–Crippen LogP) is 6.35. The van der Waals surface area contributed by atoms with Crippen LogP contribution in [0, 0.1) is 11.2 Å². The summed E-state index contributed by atoms with van der Waals surface area (Å²) < 4.78 is 31.2. The van der Waals surface area contributed by atoms with E-state index in [1.165, 1.54) is 18.3 Å². The van der Waals surface area contributed by atoms with Crippen molar-refractivity contribution in [1.29, 1.82) is 0 Å². The van der Waals surface area contributed by atoms with Gasteiger partial charge in [-0.15, -0.1) is 0 Å². The Kier molecular flexibility index (Phi) is 8.87. The number of halogens is 1. The molecule has 3 atom stereocenters. The first-order valence-electron chi connectivity index (χ1n) is 15.0. The maximum atomic E-state index is 14.8. The van der Waals surface area contributed by atoms with Crippen LogP contribution in [0.3, 0.4) is 0 Å². The van der Waals surface area contributed by atoms with Gasteiger partial charge in [-0.1, -0.05) is 26.3 Å². The molecule has 0 radical (unpaired) electrons. The highest BCUT2D eigenvalue weighted by molar-refractivity contribution is 7.82. The van der Waals surface area contributed by atoms with Crippen molar-refractivity contribution in [2.24, 2.45) is 23.2 Å². The van der Waals surface area contributed by atoms with Gasteiger partial charge in [-0.2, -0.15) is 5.10 Å². The smallest absolute Gasteiger partial charge is 0.191 e. The topological polar surface area (TPSA) is 106 Å². The molecule has 1 saturated carbocycles. The minimum absolute atomic E-state index is 0.0511. The van der Waals surface area contributed by atoms with Crippen molar-refractivity contribution < 1.29 is 13.4 Å². The molecule has 0 bridgehead atoms. The molecular weight excluding hydrogens is 575 g/mol. The van der Waals surface area contributed by atoms with E-state index in [4.69, 9.17) is 10.7 Å². The highest BCUT2D eigenvalue weighted by atomic mass is 32.2. The van der Waals surface area contributed by atoms with E-state index in [0.717, 1.165) is 16.7 Å². The lowest BCUT2D eigenvalue weighted by atomic mass is 9.59. The fraction of sp³-hybridized carbons (Fsp3) is 0.412. The summed E-state index contributed by atoms with van der Waals surface area (Å²) in [6.45, 7) is 10.4. The number of aryl methyl sites for hydroxylation is 1. The zero-order valence-corrected chi connectivity index (χ0v) is 27.1. The summed E-state index contributed by atoms with van der Waals surface area (Å²) in [6.07, 6.45) is 10.7. The fourth-order valence-corrected chi connectivity index (χ4v) is 7.79. The number of pyridine rings is 1. The third-order valence-electron chi connectivity index (χ3n) is 8.59. The minimum Gasteiger partial charge on any atom is -0.404 e. The Balaban J connectivity index is 1.62. The molecule has 0 spiro atoms. The van der Waals surface area contributed by atoms with Gasteiger partial charge in [0.05, 0.1) is 27.9 Å². The minimum atomic E-state index is -1.47. The highest BCUT2D eigenvalue weighted by Gasteiger charge is 2.51. The third-order valence-corrected chi connectivity index (χ3v) is 10.3. The van der Waals surface area contributed by atoms with Gasteiger partial charge < -0.3 is 5.73 Å². The van der Waals surface area contributed by atoms with E-state index in [0.29, 0.717) is 47.7 Å². The second-order valence-corrected chi connectivity index (χ2v) is 14.4. The van der Waals surface area contributed by atoms with Crippen LogP contribution >= 0.6 is 0 Å². The molecular formula is C34H41FN6O2S. The van der Waals surface area contributed by atoms with Crippen LogP contribution in [0.2, 0.25) is 0 Å². The van der Waals surface area contributed by atoms with E-state index in [2.05, 4.69) is 30.9 Å². The standard InChI is InChI=1S/C34H41FN6O2S/c1-22(2)41(44(43)29-20-38-40(6)21-29)28-12-7-25-16-30(39-27-10-8-26(35)9-11-27)23(19-36)17-34(25,18-28)32(42)31-15-24(13-14-37-31)33(3,4)5/h8-11,13-16,19-22,28H,7,12,17-18,36H2,1-6H3/b23-19-,39-30?. The molecule has 1 aromatic carbocycles. The molecule has 10 heteroatoms. The van der Waals surface area contributed by atoms with Gasteiger partial charge in [0, 0.05) is 31.5 Å². The van der Waals surface area contributed by atoms with Crippen molar-refractivity contribution in [2.45, 2.75) is 82.7 Å². The van der Waals surface area contributed by atoms with Crippen LogP contribution in [-0.4, -0.2) is 46.9 Å². The van der Waals surface area contributed by atoms with Gasteiger partial charge in [-0.05, 0) is 105 Å². The average molecular weight is 617 g/mol. The Morgan fingerprint density at radius 2 is 1.98 bits per heavy atom. The Hall–Kier alpha value is -3.76. The van der Waals surface area contributed by atoms with Gasteiger partial charge in [0.15, 0.2) is 5.78 Å². The SMILES string of the molecule is CC(C)N(C1CCC2=CC(=Nc3ccc(F)cc3)/C(=C\N)CC2(C(=O)c2cc(C(C)(C)C)ccn2)C1)S(=O)c1cnn(C)c1. The third kappa shape index (κ3) is 6.23. The molecule has 3 aromatic rings. The lowest BCUT2D eigenvalue weighted by molar-refractivity contribution is 0.0727. The van der Waals surface area contributed by atoms with Gasteiger partial charge in [-0.3, -0.25) is 14.5 Å². The summed E-state index contributed by atoms with van der Waals surface area (Å²) in [6, 6.07) is 9.63. The van der Waals surface area contributed by atoms with Gasteiger partial charge >= 0.3 is 0 Å². The number of hydrogen-bond donors (Lipinski definition) is 1. The average Bonchev–Trinajstić information content (AvgIpc) is 3.43. The summed E-state index contributed by atoms with van der Waals surface area (Å²) in [4.78, 5) is 24.8. The van der Waals surface area contributed by atoms with E-state index in [9.17, 15) is 13.4 Å². The summed E-state index contributed by atoms with van der Waals surface area (Å²) >= 11 is 0. The number of nitrogens with two attached hydrogens (primary N) is 1. The van der Waals surface area contributed by atoms with Gasteiger partial charge in [0.1, 0.15) is 22.5 Å². The monoisotopic (exact) mass is 616 g/mol. The molecule has 2 heterocycles. The van der Waals surface area contributed by atoms with E-state index >= 15 is 0 Å². The van der Waals surface area contributed by atoms with Crippen molar-refractivity contribution in [3.8, 4) is 0 Å². The van der Waals surface area contributed by atoms with Gasteiger partial charge in [0.2, 0.25) is 0 Å². The Morgan fingerprint density at radius 1 is 1.25 bits per heavy atom. The normalized spacial score (nSPS) is 23.2. The van der Waals surface area contributed by atoms with Crippen LogP contribution in [0.5, 0.6) is 0 Å². The zero-order valence-electron chi connectivity index (χ0n) is 26.3. The number of Topliss-reactive ketones (excluding diaryl/α,β-unsaturated/α-hetero) is 1. The molecule has 232 valence electrons. The van der Waals surface area contributed by atoms with Crippen molar-refractivity contribution >= 4 is 28.2 Å². The molecule has 8 nitrogen and oxygen atoms in total. The lowest BCUT2D eigenvalue weighted by Crippen LogP contribution is -2.51. The summed E-state index contributed by atoms with van der Waals surface area (Å²) in [5.74, 6) is -0.410. The molecule has 0 aliphatic heterocycles. The number of aromatic nitrogens is 3. The first kappa shape index (κ1) is 31.7. The Labute approximate surface area is 261 Å². The van der Waals surface area contributed by atoms with Crippen molar-refractivity contribution in [2.75, 3.05) is 0 Å². The Morgan fingerprint density at radius 3 is 2.59 bits per heavy atom. The molecule has 2 aliphatic carbocycles. The van der Waals surface area contributed by atoms with Crippen LogP contribution in [0.15, 0.2) is 88.3 Å². The molecule has 2 aliphatic rings. The van der Waals surface area contributed by atoms with Gasteiger partial charge in [0.25, 0.3) is 0 Å². The van der Waals surface area contributed by atoms with Crippen LogP contribution in [-0.2, 0) is 23.4 Å². The molecule has 2 aromatic heterocycles. The maximum absolute atomic E-state index is 14.8. The van der Waals surface area contributed by atoms with Crippen LogP contribution in [0.1, 0.15) is 76.4 Å². The number of allylic oxidation sites excluding steroid dienone is 3. The molecule has 1 fully saturated rings. The molecule has 3 unspecified atom stereocenters. The fourth-order valence-electron chi connectivity index (χ4n) is 6.33. The van der Waals surface area contributed by atoms with E-state index < -0.39 is 16.4 Å². The Bertz CT molecular complexity index is 1670. The van der Waals surface area contributed by atoms with Crippen molar-refractivity contribution in [1.82, 2.24) is 19.1 Å². The largest absolute Gasteiger partial charge is 0.404 e. The van der Waals surface area contributed by atoms with E-state index in [1.54, 1.807) is 42.5 Å². The second-order valence-electron chi connectivity index (χ2n) is 13.1. The van der Waals surface area contributed by atoms with Crippen LogP contribution in [0.25, 0.3) is 0 Å².